The van der Waals surface area contributed by atoms with Gasteiger partial charge < -0.3 is 10.1 Å². The van der Waals surface area contributed by atoms with Crippen molar-refractivity contribution in [1.29, 1.82) is 0 Å². The Kier molecular flexibility index (Phi) is 4.98. The number of esters is 1. The molecule has 1 rings (SSSR count). The summed E-state index contributed by atoms with van der Waals surface area (Å²) in [6.45, 7) is 7.75. The van der Waals surface area contributed by atoms with Crippen LogP contribution in [0.1, 0.15) is 39.3 Å². The molecular formula is C12H18ClNO2S. The maximum absolute atomic E-state index is 11.5. The predicted octanol–water partition coefficient (Wildman–Crippen LogP) is 3.39. The summed E-state index contributed by atoms with van der Waals surface area (Å²) in [5, 5.41) is 5.09. The highest BCUT2D eigenvalue weighted by Gasteiger charge is 2.17. The van der Waals surface area contributed by atoms with E-state index in [2.05, 4.69) is 5.32 Å². The largest absolute Gasteiger partial charge is 0.459 e. The average Bonchev–Trinajstić information content (AvgIpc) is 2.58. The van der Waals surface area contributed by atoms with Gasteiger partial charge in [-0.15, -0.1) is 11.3 Å². The van der Waals surface area contributed by atoms with E-state index in [1.807, 2.05) is 39.1 Å². The van der Waals surface area contributed by atoms with Gasteiger partial charge in [-0.2, -0.15) is 0 Å². The molecule has 0 spiro atoms. The molecule has 0 fully saturated rings. The summed E-state index contributed by atoms with van der Waals surface area (Å²) in [6, 6.07) is 1.99. The first-order valence-electron chi connectivity index (χ1n) is 5.47. The van der Waals surface area contributed by atoms with Crippen molar-refractivity contribution in [3.05, 3.63) is 21.3 Å². The van der Waals surface area contributed by atoms with Gasteiger partial charge in [0.05, 0.1) is 10.9 Å². The number of hydrogen-bond acceptors (Lipinski definition) is 4. The van der Waals surface area contributed by atoms with Gasteiger partial charge in [-0.3, -0.25) is 4.79 Å². The number of rotatable bonds is 4. The number of hydrogen-bond donors (Lipinski definition) is 1. The Hall–Kier alpha value is -0.580. The lowest BCUT2D eigenvalue weighted by Crippen LogP contribution is -2.32. The van der Waals surface area contributed by atoms with Crippen molar-refractivity contribution in [1.82, 2.24) is 5.32 Å². The number of halogens is 1. The molecule has 0 radical (unpaired) electrons. The van der Waals surface area contributed by atoms with Crippen molar-refractivity contribution in [3.63, 3.8) is 0 Å². The zero-order valence-corrected chi connectivity index (χ0v) is 12.1. The van der Waals surface area contributed by atoms with Gasteiger partial charge in [-0.25, -0.2) is 0 Å². The van der Waals surface area contributed by atoms with E-state index in [0.29, 0.717) is 0 Å². The van der Waals surface area contributed by atoms with Crippen LogP contribution < -0.4 is 5.32 Å². The van der Waals surface area contributed by atoms with E-state index >= 15 is 0 Å². The molecule has 3 nitrogen and oxygen atoms in total. The highest BCUT2D eigenvalue weighted by Crippen LogP contribution is 2.24. The highest BCUT2D eigenvalue weighted by atomic mass is 35.5. The first-order valence-corrected chi connectivity index (χ1v) is 6.73. The monoisotopic (exact) mass is 275 g/mol. The number of carbonyl (C=O) groups excluding carboxylic acids is 1. The highest BCUT2D eigenvalue weighted by molar-refractivity contribution is 7.14. The average molecular weight is 276 g/mol. The lowest BCUT2D eigenvalue weighted by Gasteiger charge is -2.20. The molecule has 17 heavy (non-hydrogen) atoms. The van der Waals surface area contributed by atoms with Gasteiger partial charge in [0.2, 0.25) is 0 Å². The second kappa shape index (κ2) is 5.85. The van der Waals surface area contributed by atoms with E-state index in [4.69, 9.17) is 16.3 Å². The van der Waals surface area contributed by atoms with E-state index in [1.165, 1.54) is 11.3 Å². The molecule has 0 bridgehead atoms. The van der Waals surface area contributed by atoms with E-state index in [-0.39, 0.29) is 18.6 Å². The number of thiophene rings is 1. The molecule has 5 heteroatoms. The number of carbonyl (C=O) groups is 1. The van der Waals surface area contributed by atoms with E-state index < -0.39 is 5.60 Å². The quantitative estimate of drug-likeness (QED) is 0.856. The van der Waals surface area contributed by atoms with Crippen LogP contribution in [0.4, 0.5) is 0 Å². The van der Waals surface area contributed by atoms with Gasteiger partial charge in [0.15, 0.2) is 0 Å². The Bertz CT molecular complexity index is 384. The summed E-state index contributed by atoms with van der Waals surface area (Å²) in [4.78, 5) is 11.5. The van der Waals surface area contributed by atoms with E-state index in [0.717, 1.165) is 9.90 Å². The third-order valence-corrected chi connectivity index (χ3v) is 3.17. The van der Waals surface area contributed by atoms with Crippen LogP contribution >= 0.6 is 22.9 Å². The third-order valence-electron chi connectivity index (χ3n) is 2.06. The van der Waals surface area contributed by atoms with Gasteiger partial charge in [0.1, 0.15) is 5.60 Å². The smallest absolute Gasteiger partial charge is 0.320 e. The minimum Gasteiger partial charge on any atom is -0.459 e. The third kappa shape index (κ3) is 5.52. The van der Waals surface area contributed by atoms with Crippen LogP contribution in [-0.4, -0.2) is 18.1 Å². The molecule has 96 valence electrons. The molecule has 0 saturated heterocycles. The fourth-order valence-corrected chi connectivity index (χ4v) is 2.27. The minimum atomic E-state index is -0.437. The molecule has 1 aromatic rings. The normalized spacial score (nSPS) is 13.5. The maximum Gasteiger partial charge on any atom is 0.320 e. The molecule has 0 aliphatic rings. The first kappa shape index (κ1) is 14.5. The second-order valence-electron chi connectivity index (χ2n) is 4.87. The van der Waals surface area contributed by atoms with Gasteiger partial charge in [-0.1, -0.05) is 11.6 Å². The molecule has 1 atom stereocenters. The second-order valence-corrected chi connectivity index (χ2v) is 6.42. The molecule has 0 amide bonds. The zero-order valence-electron chi connectivity index (χ0n) is 10.5. The van der Waals surface area contributed by atoms with Crippen LogP contribution in [0, 0.1) is 0 Å². The molecule has 1 aromatic heterocycles. The zero-order chi connectivity index (χ0) is 13.1. The summed E-state index contributed by atoms with van der Waals surface area (Å²) < 4.78 is 5.96. The van der Waals surface area contributed by atoms with Crippen molar-refractivity contribution in [3.8, 4) is 0 Å². The van der Waals surface area contributed by atoms with Crippen LogP contribution in [0.3, 0.4) is 0 Å². The van der Waals surface area contributed by atoms with Gasteiger partial charge >= 0.3 is 5.97 Å². The fourth-order valence-electron chi connectivity index (χ4n) is 1.28. The lowest BCUT2D eigenvalue weighted by atomic mass is 10.2. The number of nitrogens with one attached hydrogen (secondary N) is 1. The van der Waals surface area contributed by atoms with Gasteiger partial charge in [-0.05, 0) is 44.7 Å². The molecule has 0 aliphatic heterocycles. The predicted molar refractivity (Wildman–Crippen MR) is 71.6 cm³/mol. The van der Waals surface area contributed by atoms with Crippen LogP contribution in [0.15, 0.2) is 11.4 Å². The van der Waals surface area contributed by atoms with Gasteiger partial charge in [0.25, 0.3) is 0 Å². The van der Waals surface area contributed by atoms with Crippen molar-refractivity contribution < 1.29 is 9.53 Å². The van der Waals surface area contributed by atoms with Crippen molar-refractivity contribution in [2.24, 2.45) is 0 Å². The Morgan fingerprint density at radius 1 is 1.59 bits per heavy atom. The molecule has 0 aromatic carbocycles. The maximum atomic E-state index is 11.5. The molecule has 0 aliphatic carbocycles. The first-order chi connectivity index (χ1) is 7.78. The summed E-state index contributed by atoms with van der Waals surface area (Å²) >= 11 is 7.34. The van der Waals surface area contributed by atoms with Crippen LogP contribution in [0.2, 0.25) is 4.34 Å². The lowest BCUT2D eigenvalue weighted by molar-refractivity contribution is -0.153. The number of ether oxygens (including phenoxy) is 1. The van der Waals surface area contributed by atoms with Crippen molar-refractivity contribution >= 4 is 28.9 Å². The molecule has 1 N–H and O–H groups in total. The summed E-state index contributed by atoms with van der Waals surface area (Å²) in [7, 11) is 0. The topological polar surface area (TPSA) is 38.3 Å². The Labute approximate surface area is 111 Å². The van der Waals surface area contributed by atoms with Crippen LogP contribution in [0.5, 0.6) is 0 Å². The van der Waals surface area contributed by atoms with Crippen molar-refractivity contribution in [2.45, 2.75) is 39.3 Å². The minimum absolute atomic E-state index is 0.0891. The van der Waals surface area contributed by atoms with Crippen LogP contribution in [0.25, 0.3) is 0 Å². The molecular weight excluding hydrogens is 258 g/mol. The summed E-state index contributed by atoms with van der Waals surface area (Å²) in [5.74, 6) is -0.245. The van der Waals surface area contributed by atoms with Crippen LogP contribution in [-0.2, 0) is 9.53 Å². The summed E-state index contributed by atoms with van der Waals surface area (Å²) in [5.41, 5.74) is 0.650. The van der Waals surface area contributed by atoms with E-state index in [9.17, 15) is 4.79 Å². The standard InChI is InChI=1S/C12H18ClNO2S/c1-8(9-5-10(13)17-7-9)14-6-11(15)16-12(2,3)4/h5,7-8,14H,6H2,1-4H3. The Morgan fingerprint density at radius 3 is 2.71 bits per heavy atom. The Morgan fingerprint density at radius 2 is 2.24 bits per heavy atom. The van der Waals surface area contributed by atoms with E-state index in [1.54, 1.807) is 0 Å². The fraction of sp³-hybridized carbons (Fsp3) is 0.583. The molecule has 1 unspecified atom stereocenters. The molecule has 1 heterocycles. The summed E-state index contributed by atoms with van der Waals surface area (Å²) in [6.07, 6.45) is 0. The van der Waals surface area contributed by atoms with Gasteiger partial charge in [0, 0.05) is 6.04 Å². The SMILES string of the molecule is CC(NCC(=O)OC(C)(C)C)c1csc(Cl)c1. The van der Waals surface area contributed by atoms with Crippen molar-refractivity contribution in [2.75, 3.05) is 6.54 Å². The Balaban J connectivity index is 2.38. The molecule has 0 saturated carbocycles.